The molecular weight excluding hydrogens is 462 g/mol. The zero-order chi connectivity index (χ0) is 23.4. The molecule has 1 aromatic carbocycles. The Kier molecular flexibility index (Phi) is 4.97. The van der Waals surface area contributed by atoms with Gasteiger partial charge in [0.25, 0.3) is 11.8 Å². The van der Waals surface area contributed by atoms with Crippen molar-refractivity contribution in [2.24, 2.45) is 7.05 Å². The van der Waals surface area contributed by atoms with Gasteiger partial charge in [-0.25, -0.2) is 4.98 Å². The summed E-state index contributed by atoms with van der Waals surface area (Å²) in [5.41, 5.74) is 1.55. The Bertz CT molecular complexity index is 1260. The number of nitrogens with zero attached hydrogens (tertiary/aromatic N) is 5. The molecular formula is C22H20ClN7O4. The van der Waals surface area contributed by atoms with Gasteiger partial charge in [-0.1, -0.05) is 23.7 Å². The maximum atomic E-state index is 12.9. The topological polar surface area (TPSA) is 124 Å². The lowest BCUT2D eigenvalue weighted by Crippen LogP contribution is -2.47. The molecule has 3 aliphatic heterocycles. The van der Waals surface area contributed by atoms with Gasteiger partial charge in [-0.15, -0.1) is 0 Å². The van der Waals surface area contributed by atoms with Crippen LogP contribution in [0.3, 0.4) is 0 Å². The van der Waals surface area contributed by atoms with E-state index in [1.807, 2.05) is 7.05 Å². The van der Waals surface area contributed by atoms with Crippen LogP contribution < -0.4 is 10.6 Å². The van der Waals surface area contributed by atoms with Crippen molar-refractivity contribution in [3.05, 3.63) is 59.0 Å². The molecule has 0 spiro atoms. The molecule has 0 radical (unpaired) electrons. The molecule has 0 saturated carbocycles. The van der Waals surface area contributed by atoms with Crippen molar-refractivity contribution < 1.29 is 19.1 Å². The van der Waals surface area contributed by atoms with Crippen molar-refractivity contribution in [2.75, 3.05) is 23.8 Å². The number of hydrogen-bond donors (Lipinski definition) is 2. The van der Waals surface area contributed by atoms with Gasteiger partial charge < -0.3 is 20.1 Å². The number of anilines is 3. The van der Waals surface area contributed by atoms with Gasteiger partial charge in [0.15, 0.2) is 5.82 Å². The normalized spacial score (nSPS) is 25.5. The minimum atomic E-state index is -0.507. The van der Waals surface area contributed by atoms with E-state index < -0.39 is 12.1 Å². The molecule has 2 saturated heterocycles. The summed E-state index contributed by atoms with van der Waals surface area (Å²) in [6.07, 6.45) is 4.13. The molecule has 2 amide bonds. The molecule has 3 aromatic rings. The fourth-order valence-electron chi connectivity index (χ4n) is 4.65. The lowest BCUT2D eigenvalue weighted by molar-refractivity contribution is 0.0316. The molecule has 0 aliphatic carbocycles. The molecule has 4 unspecified atom stereocenters. The number of carbonyl (C=O) groups is 2. The minimum Gasteiger partial charge on any atom is -0.371 e. The second-order valence-corrected chi connectivity index (χ2v) is 8.77. The number of fused-ring (bicyclic) bond motifs is 2. The van der Waals surface area contributed by atoms with Gasteiger partial charge in [0.05, 0.1) is 54.5 Å². The summed E-state index contributed by atoms with van der Waals surface area (Å²) in [7, 11) is 1.81. The Labute approximate surface area is 199 Å². The molecule has 2 fully saturated rings. The van der Waals surface area contributed by atoms with Gasteiger partial charge >= 0.3 is 0 Å². The fourth-order valence-corrected chi connectivity index (χ4v) is 4.80. The SMILES string of the molecule is Cn1cc(Nc2ncc(Cl)c(NC3COC4C3OCC4N3C(=O)c4ccccc4C3=O)n2)cn1. The van der Waals surface area contributed by atoms with Gasteiger partial charge in [0.1, 0.15) is 17.2 Å². The average molecular weight is 482 g/mol. The predicted octanol–water partition coefficient (Wildman–Crippen LogP) is 1.85. The number of amides is 2. The van der Waals surface area contributed by atoms with E-state index in [0.717, 1.165) is 5.69 Å². The van der Waals surface area contributed by atoms with Gasteiger partial charge in [-0.2, -0.15) is 10.1 Å². The predicted molar refractivity (Wildman–Crippen MR) is 121 cm³/mol. The highest BCUT2D eigenvalue weighted by molar-refractivity contribution is 6.32. The Morgan fingerprint density at radius 3 is 2.50 bits per heavy atom. The summed E-state index contributed by atoms with van der Waals surface area (Å²) in [4.78, 5) is 35.8. The van der Waals surface area contributed by atoms with E-state index in [9.17, 15) is 9.59 Å². The van der Waals surface area contributed by atoms with E-state index in [4.69, 9.17) is 21.1 Å². The maximum absolute atomic E-state index is 12.9. The third-order valence-electron chi connectivity index (χ3n) is 6.21. The van der Waals surface area contributed by atoms with Crippen LogP contribution in [0, 0.1) is 0 Å². The van der Waals surface area contributed by atoms with E-state index in [0.29, 0.717) is 34.5 Å². The molecule has 4 atom stereocenters. The number of ether oxygens (including phenoxy) is 2. The van der Waals surface area contributed by atoms with Crippen molar-refractivity contribution in [2.45, 2.75) is 24.3 Å². The third-order valence-corrected chi connectivity index (χ3v) is 6.49. The number of imide groups is 1. The number of rotatable bonds is 5. The highest BCUT2D eigenvalue weighted by atomic mass is 35.5. The number of aryl methyl sites for hydroxylation is 1. The lowest BCUT2D eigenvalue weighted by Gasteiger charge is -2.25. The van der Waals surface area contributed by atoms with Crippen LogP contribution in [-0.4, -0.2) is 74.0 Å². The summed E-state index contributed by atoms with van der Waals surface area (Å²) in [6.45, 7) is 0.505. The number of nitrogens with one attached hydrogen (secondary N) is 2. The van der Waals surface area contributed by atoms with Crippen LogP contribution in [0.15, 0.2) is 42.9 Å². The minimum absolute atomic E-state index is 0.199. The van der Waals surface area contributed by atoms with Crippen molar-refractivity contribution in [1.29, 1.82) is 0 Å². The highest BCUT2D eigenvalue weighted by Gasteiger charge is 2.54. The van der Waals surface area contributed by atoms with Crippen LogP contribution in [0.4, 0.5) is 17.5 Å². The van der Waals surface area contributed by atoms with E-state index in [1.165, 1.54) is 11.1 Å². The molecule has 5 heterocycles. The first-order valence-corrected chi connectivity index (χ1v) is 11.1. The average Bonchev–Trinajstić information content (AvgIpc) is 3.58. The summed E-state index contributed by atoms with van der Waals surface area (Å²) in [5, 5.41) is 10.8. The maximum Gasteiger partial charge on any atom is 0.261 e. The summed E-state index contributed by atoms with van der Waals surface area (Å²) in [5.74, 6) is 0.135. The number of aromatic nitrogens is 4. The van der Waals surface area contributed by atoms with Crippen LogP contribution in [0.5, 0.6) is 0 Å². The van der Waals surface area contributed by atoms with Crippen LogP contribution in [0.25, 0.3) is 0 Å². The molecule has 0 bridgehead atoms. The van der Waals surface area contributed by atoms with Crippen molar-refractivity contribution in [3.8, 4) is 0 Å². The van der Waals surface area contributed by atoms with Gasteiger partial charge in [0, 0.05) is 13.2 Å². The molecule has 6 rings (SSSR count). The Morgan fingerprint density at radius 2 is 1.79 bits per heavy atom. The number of carbonyl (C=O) groups excluding carboxylic acids is 2. The first-order valence-electron chi connectivity index (χ1n) is 10.7. The highest BCUT2D eigenvalue weighted by Crippen LogP contribution is 2.36. The van der Waals surface area contributed by atoms with E-state index in [-0.39, 0.29) is 30.6 Å². The molecule has 12 heteroatoms. The Hall–Kier alpha value is -3.54. The molecule has 2 aromatic heterocycles. The van der Waals surface area contributed by atoms with E-state index in [1.54, 1.807) is 41.3 Å². The second-order valence-electron chi connectivity index (χ2n) is 8.36. The molecule has 34 heavy (non-hydrogen) atoms. The zero-order valence-corrected chi connectivity index (χ0v) is 18.8. The second kappa shape index (κ2) is 8.05. The lowest BCUT2D eigenvalue weighted by atomic mass is 10.0. The van der Waals surface area contributed by atoms with Gasteiger partial charge in [0.2, 0.25) is 5.95 Å². The first-order chi connectivity index (χ1) is 16.5. The summed E-state index contributed by atoms with van der Waals surface area (Å²) >= 11 is 6.34. The number of halogens is 1. The van der Waals surface area contributed by atoms with Crippen LogP contribution in [-0.2, 0) is 16.5 Å². The van der Waals surface area contributed by atoms with E-state index in [2.05, 4.69) is 25.7 Å². The van der Waals surface area contributed by atoms with Crippen LogP contribution in [0.2, 0.25) is 5.02 Å². The van der Waals surface area contributed by atoms with Crippen LogP contribution >= 0.6 is 11.6 Å². The summed E-state index contributed by atoms with van der Waals surface area (Å²) < 4.78 is 13.7. The van der Waals surface area contributed by atoms with Crippen molar-refractivity contribution in [3.63, 3.8) is 0 Å². The molecule has 174 valence electrons. The molecule has 11 nitrogen and oxygen atoms in total. The van der Waals surface area contributed by atoms with Gasteiger partial charge in [-0.3, -0.25) is 19.2 Å². The molecule has 3 aliphatic rings. The quantitative estimate of drug-likeness (QED) is 0.525. The number of benzene rings is 1. The Balaban J connectivity index is 1.18. The molecule has 2 N–H and O–H groups in total. The van der Waals surface area contributed by atoms with Crippen LogP contribution in [0.1, 0.15) is 20.7 Å². The van der Waals surface area contributed by atoms with Gasteiger partial charge in [-0.05, 0) is 12.1 Å². The first kappa shape index (κ1) is 21.0. The standard InChI is InChI=1S/C22H20ClN7O4/c1-29-8-11(6-25-29)26-22-24-7-14(23)19(28-22)27-15-9-33-18-16(10-34-17(15)18)30-20(31)12-4-2-3-5-13(12)21(30)32/h2-8,15-18H,9-10H2,1H3,(H2,24,26,27,28). The smallest absolute Gasteiger partial charge is 0.261 e. The fraction of sp³-hybridized carbons (Fsp3) is 0.318. The van der Waals surface area contributed by atoms with Crippen molar-refractivity contribution in [1.82, 2.24) is 24.6 Å². The third kappa shape index (κ3) is 3.40. The number of hydrogen-bond acceptors (Lipinski definition) is 9. The Morgan fingerprint density at radius 1 is 1.06 bits per heavy atom. The van der Waals surface area contributed by atoms with E-state index >= 15 is 0 Å². The monoisotopic (exact) mass is 481 g/mol. The van der Waals surface area contributed by atoms with Crippen molar-refractivity contribution >= 4 is 40.9 Å². The summed E-state index contributed by atoms with van der Waals surface area (Å²) in [6, 6.07) is 6.04. The largest absolute Gasteiger partial charge is 0.371 e. The zero-order valence-electron chi connectivity index (χ0n) is 18.0.